The lowest BCUT2D eigenvalue weighted by atomic mass is 10.1. The number of carbonyl (C=O) groups is 1. The smallest absolute Gasteiger partial charge is 0.408 e. The fourth-order valence-electron chi connectivity index (χ4n) is 2.72. The summed E-state index contributed by atoms with van der Waals surface area (Å²) < 4.78 is 5.36. The second-order valence-electron chi connectivity index (χ2n) is 6.30. The van der Waals surface area contributed by atoms with Crippen molar-refractivity contribution in [3.63, 3.8) is 0 Å². The number of nitrogens with one attached hydrogen (secondary N) is 2. The van der Waals surface area contributed by atoms with Gasteiger partial charge in [-0.15, -0.1) is 0 Å². The van der Waals surface area contributed by atoms with E-state index in [0.29, 0.717) is 11.4 Å². The normalized spacial score (nSPS) is 11.3. The number of thiocarbonyl (C=S) groups is 1. The van der Waals surface area contributed by atoms with E-state index in [1.165, 1.54) is 0 Å². The van der Waals surface area contributed by atoms with Gasteiger partial charge in [-0.25, -0.2) is 4.79 Å². The summed E-state index contributed by atoms with van der Waals surface area (Å²) >= 11 is 5.57. The quantitative estimate of drug-likeness (QED) is 0.560. The summed E-state index contributed by atoms with van der Waals surface area (Å²) in [5, 5.41) is 6.09. The van der Waals surface area contributed by atoms with E-state index >= 15 is 0 Å². The summed E-state index contributed by atoms with van der Waals surface area (Å²) in [5.74, 6) is 0. The van der Waals surface area contributed by atoms with Gasteiger partial charge in [0, 0.05) is 5.69 Å². The minimum Gasteiger partial charge on any atom is -0.445 e. The maximum Gasteiger partial charge on any atom is 0.408 e. The molecule has 0 unspecified atom stereocenters. The summed E-state index contributed by atoms with van der Waals surface area (Å²) in [6.45, 7) is 0.212. The molecule has 0 spiro atoms. The Balaban J connectivity index is 1.64. The van der Waals surface area contributed by atoms with Gasteiger partial charge in [-0.1, -0.05) is 91.1 Å². The first-order valence-electron chi connectivity index (χ1n) is 9.08. The van der Waals surface area contributed by atoms with Crippen LogP contribution >= 0.6 is 12.2 Å². The first-order chi connectivity index (χ1) is 13.7. The van der Waals surface area contributed by atoms with Gasteiger partial charge in [0.1, 0.15) is 11.6 Å². The number of carbonyl (C=O) groups excluding carboxylic acids is 1. The van der Waals surface area contributed by atoms with E-state index in [4.69, 9.17) is 17.0 Å². The lowest BCUT2D eigenvalue weighted by Gasteiger charge is -2.21. The van der Waals surface area contributed by atoms with Crippen LogP contribution in [-0.2, 0) is 17.8 Å². The van der Waals surface area contributed by atoms with E-state index in [0.717, 1.165) is 16.8 Å². The molecule has 0 saturated heterocycles. The molecule has 0 aliphatic carbocycles. The van der Waals surface area contributed by atoms with E-state index in [-0.39, 0.29) is 12.6 Å². The molecule has 1 amide bonds. The van der Waals surface area contributed by atoms with Gasteiger partial charge in [0.05, 0.1) is 6.04 Å². The molecule has 0 heterocycles. The molecule has 0 aromatic heterocycles. The Kier molecular flexibility index (Phi) is 7.15. The van der Waals surface area contributed by atoms with Crippen LogP contribution in [0.25, 0.3) is 0 Å². The van der Waals surface area contributed by atoms with Crippen LogP contribution < -0.4 is 10.6 Å². The number of alkyl carbamates (subject to hydrolysis) is 1. The zero-order valence-electron chi connectivity index (χ0n) is 15.4. The average molecular weight is 391 g/mol. The predicted molar refractivity (Wildman–Crippen MR) is 116 cm³/mol. The van der Waals surface area contributed by atoms with Crippen molar-refractivity contribution in [2.75, 3.05) is 5.32 Å². The molecule has 28 heavy (non-hydrogen) atoms. The van der Waals surface area contributed by atoms with E-state index < -0.39 is 6.09 Å². The van der Waals surface area contributed by atoms with Crippen LogP contribution in [0.2, 0.25) is 0 Å². The topological polar surface area (TPSA) is 50.4 Å². The third-order valence-corrected chi connectivity index (χ3v) is 4.53. The Labute approximate surface area is 170 Å². The number of para-hydroxylation sites is 1. The third-order valence-electron chi connectivity index (χ3n) is 4.15. The number of amides is 1. The molecule has 0 aliphatic heterocycles. The highest BCUT2D eigenvalue weighted by atomic mass is 32.1. The second-order valence-corrected chi connectivity index (χ2v) is 6.74. The molecular formula is C23H22N2O2S. The molecule has 3 rings (SSSR count). The second kappa shape index (κ2) is 10.2. The SMILES string of the molecule is O=C(N[C@@H](Cc1ccccc1)C(=S)Nc1ccccc1)OCc1ccccc1. The number of benzene rings is 3. The van der Waals surface area contributed by atoms with Crippen molar-refractivity contribution in [2.24, 2.45) is 0 Å². The summed E-state index contributed by atoms with van der Waals surface area (Å²) in [5.41, 5.74) is 2.89. The molecule has 4 nitrogen and oxygen atoms in total. The molecule has 0 aliphatic rings. The fourth-order valence-corrected chi connectivity index (χ4v) is 2.98. The Bertz CT molecular complexity index is 886. The zero-order valence-corrected chi connectivity index (χ0v) is 16.2. The Hall–Kier alpha value is -3.18. The van der Waals surface area contributed by atoms with Crippen LogP contribution in [-0.4, -0.2) is 17.1 Å². The number of hydrogen-bond donors (Lipinski definition) is 2. The highest BCUT2D eigenvalue weighted by Gasteiger charge is 2.19. The maximum absolute atomic E-state index is 12.4. The molecule has 0 radical (unpaired) electrons. The lowest BCUT2D eigenvalue weighted by Crippen LogP contribution is -2.44. The molecule has 2 N–H and O–H groups in total. The van der Waals surface area contributed by atoms with E-state index in [1.807, 2.05) is 91.0 Å². The van der Waals surface area contributed by atoms with Crippen LogP contribution in [0, 0.1) is 0 Å². The van der Waals surface area contributed by atoms with Gasteiger partial charge in [0.15, 0.2) is 0 Å². The first-order valence-corrected chi connectivity index (χ1v) is 9.48. The van der Waals surface area contributed by atoms with Crippen molar-refractivity contribution in [3.05, 3.63) is 102 Å². The highest BCUT2D eigenvalue weighted by Crippen LogP contribution is 2.10. The van der Waals surface area contributed by atoms with Gasteiger partial charge in [-0.2, -0.15) is 0 Å². The Morgan fingerprint density at radius 1 is 0.821 bits per heavy atom. The summed E-state index contributed by atoms with van der Waals surface area (Å²) in [7, 11) is 0. The van der Waals surface area contributed by atoms with Gasteiger partial charge >= 0.3 is 6.09 Å². The molecule has 0 bridgehead atoms. The van der Waals surface area contributed by atoms with Gasteiger partial charge in [-0.05, 0) is 29.7 Å². The number of rotatable bonds is 7. The predicted octanol–water partition coefficient (Wildman–Crippen LogP) is 4.96. The van der Waals surface area contributed by atoms with Crippen LogP contribution in [0.5, 0.6) is 0 Å². The summed E-state index contributed by atoms with van der Waals surface area (Å²) in [6.07, 6.45) is 0.0712. The van der Waals surface area contributed by atoms with E-state index in [2.05, 4.69) is 10.6 Å². The zero-order chi connectivity index (χ0) is 19.6. The van der Waals surface area contributed by atoms with Crippen molar-refractivity contribution >= 4 is 29.0 Å². The van der Waals surface area contributed by atoms with Crippen LogP contribution in [0.3, 0.4) is 0 Å². The number of hydrogen-bond acceptors (Lipinski definition) is 3. The summed E-state index contributed by atoms with van der Waals surface area (Å²) in [6, 6.07) is 28.7. The molecule has 3 aromatic carbocycles. The van der Waals surface area contributed by atoms with Crippen LogP contribution in [0.4, 0.5) is 10.5 Å². The monoisotopic (exact) mass is 390 g/mol. The van der Waals surface area contributed by atoms with E-state index in [9.17, 15) is 4.79 Å². The maximum atomic E-state index is 12.4. The molecule has 1 atom stereocenters. The standard InChI is InChI=1S/C23H22N2O2S/c26-23(27-17-19-12-6-2-7-13-19)25-21(16-18-10-4-1-5-11-18)22(28)24-20-14-8-3-9-15-20/h1-15,21H,16-17H2,(H,24,28)(H,25,26)/t21-/m0/s1. The molecule has 0 saturated carbocycles. The molecule has 142 valence electrons. The van der Waals surface area contributed by atoms with Crippen molar-refractivity contribution in [3.8, 4) is 0 Å². The van der Waals surface area contributed by atoms with Gasteiger partial charge in [0.2, 0.25) is 0 Å². The first kappa shape index (κ1) is 19.6. The lowest BCUT2D eigenvalue weighted by molar-refractivity contribution is 0.138. The summed E-state index contributed by atoms with van der Waals surface area (Å²) in [4.78, 5) is 12.9. The molecule has 3 aromatic rings. The number of anilines is 1. The minimum atomic E-state index is -0.498. The van der Waals surface area contributed by atoms with Crippen molar-refractivity contribution in [1.82, 2.24) is 5.32 Å². The largest absolute Gasteiger partial charge is 0.445 e. The fraction of sp³-hybridized carbons (Fsp3) is 0.130. The Morgan fingerprint density at radius 2 is 1.36 bits per heavy atom. The van der Waals surface area contributed by atoms with Crippen LogP contribution in [0.1, 0.15) is 11.1 Å². The van der Waals surface area contributed by atoms with Crippen molar-refractivity contribution in [2.45, 2.75) is 19.1 Å². The van der Waals surface area contributed by atoms with Crippen molar-refractivity contribution < 1.29 is 9.53 Å². The Morgan fingerprint density at radius 3 is 1.96 bits per heavy atom. The van der Waals surface area contributed by atoms with Gasteiger partial charge < -0.3 is 15.4 Å². The number of ether oxygens (including phenoxy) is 1. The molecule has 0 fully saturated rings. The average Bonchev–Trinajstić information content (AvgIpc) is 2.74. The van der Waals surface area contributed by atoms with Gasteiger partial charge in [0.25, 0.3) is 0 Å². The highest BCUT2D eigenvalue weighted by molar-refractivity contribution is 7.80. The third kappa shape index (κ3) is 6.21. The minimum absolute atomic E-state index is 0.212. The molecular weight excluding hydrogens is 368 g/mol. The van der Waals surface area contributed by atoms with E-state index in [1.54, 1.807) is 0 Å². The molecule has 5 heteroatoms. The van der Waals surface area contributed by atoms with Crippen molar-refractivity contribution in [1.29, 1.82) is 0 Å². The van der Waals surface area contributed by atoms with Crippen LogP contribution in [0.15, 0.2) is 91.0 Å². The van der Waals surface area contributed by atoms with Gasteiger partial charge in [-0.3, -0.25) is 0 Å².